The molecular formula is C13H27N3O2. The molecular weight excluding hydrogens is 230 g/mol. The number of carbonyl (C=O) groups is 1. The van der Waals surface area contributed by atoms with E-state index in [9.17, 15) is 4.79 Å². The molecule has 0 saturated carbocycles. The highest BCUT2D eigenvalue weighted by atomic mass is 16.5. The zero-order valence-corrected chi connectivity index (χ0v) is 12.1. The van der Waals surface area contributed by atoms with Crippen LogP contribution in [0.15, 0.2) is 0 Å². The molecule has 1 amide bonds. The summed E-state index contributed by atoms with van der Waals surface area (Å²) >= 11 is 0. The van der Waals surface area contributed by atoms with Crippen molar-refractivity contribution in [2.75, 3.05) is 46.9 Å². The van der Waals surface area contributed by atoms with Crippen LogP contribution in [0.1, 0.15) is 20.3 Å². The van der Waals surface area contributed by atoms with Gasteiger partial charge >= 0.3 is 0 Å². The average molecular weight is 257 g/mol. The second-order valence-electron chi connectivity index (χ2n) is 5.32. The van der Waals surface area contributed by atoms with E-state index in [1.54, 1.807) is 19.0 Å². The van der Waals surface area contributed by atoms with Crippen molar-refractivity contribution in [3.8, 4) is 0 Å². The van der Waals surface area contributed by atoms with Crippen LogP contribution in [0.4, 0.5) is 0 Å². The average Bonchev–Trinajstić information content (AvgIpc) is 2.34. The normalized spacial score (nSPS) is 21.3. The number of amides is 1. The number of rotatable bonds is 6. The SMILES string of the molecule is CC(C)N1CCOC(CNCCC(=O)N(C)C)C1. The predicted octanol–water partition coefficient (Wildman–Crippen LogP) is 0.164. The summed E-state index contributed by atoms with van der Waals surface area (Å²) in [5.41, 5.74) is 0. The summed E-state index contributed by atoms with van der Waals surface area (Å²) in [4.78, 5) is 15.4. The van der Waals surface area contributed by atoms with Crippen molar-refractivity contribution in [2.24, 2.45) is 0 Å². The Morgan fingerprint density at radius 3 is 2.83 bits per heavy atom. The fourth-order valence-electron chi connectivity index (χ4n) is 2.02. The summed E-state index contributed by atoms with van der Waals surface area (Å²) in [6.07, 6.45) is 0.795. The van der Waals surface area contributed by atoms with E-state index in [4.69, 9.17) is 4.74 Å². The molecule has 5 nitrogen and oxygen atoms in total. The van der Waals surface area contributed by atoms with Crippen molar-refractivity contribution >= 4 is 5.91 Å². The molecule has 1 saturated heterocycles. The van der Waals surface area contributed by atoms with Gasteiger partial charge in [0.1, 0.15) is 0 Å². The molecule has 1 aliphatic rings. The van der Waals surface area contributed by atoms with Crippen LogP contribution >= 0.6 is 0 Å². The van der Waals surface area contributed by atoms with Gasteiger partial charge in [0, 0.05) is 52.7 Å². The van der Waals surface area contributed by atoms with Gasteiger partial charge in [-0.15, -0.1) is 0 Å². The maximum absolute atomic E-state index is 11.4. The first-order valence-electron chi connectivity index (χ1n) is 6.77. The molecule has 1 fully saturated rings. The van der Waals surface area contributed by atoms with Crippen LogP contribution in [0.3, 0.4) is 0 Å². The highest BCUT2D eigenvalue weighted by Crippen LogP contribution is 2.07. The molecule has 18 heavy (non-hydrogen) atoms. The quantitative estimate of drug-likeness (QED) is 0.689. The molecule has 1 N–H and O–H groups in total. The number of hydrogen-bond donors (Lipinski definition) is 1. The van der Waals surface area contributed by atoms with Crippen molar-refractivity contribution in [3.05, 3.63) is 0 Å². The summed E-state index contributed by atoms with van der Waals surface area (Å²) in [6, 6.07) is 0.576. The van der Waals surface area contributed by atoms with E-state index in [1.165, 1.54) is 0 Å². The van der Waals surface area contributed by atoms with E-state index < -0.39 is 0 Å². The molecule has 0 aromatic heterocycles. The second kappa shape index (κ2) is 7.71. The van der Waals surface area contributed by atoms with Gasteiger partial charge in [-0.1, -0.05) is 0 Å². The zero-order valence-electron chi connectivity index (χ0n) is 12.1. The number of morpholine rings is 1. The van der Waals surface area contributed by atoms with Crippen molar-refractivity contribution in [2.45, 2.75) is 32.4 Å². The van der Waals surface area contributed by atoms with Crippen LogP contribution in [0, 0.1) is 0 Å². The topological polar surface area (TPSA) is 44.8 Å². The lowest BCUT2D eigenvalue weighted by Crippen LogP contribution is -2.49. The molecule has 0 bridgehead atoms. The lowest BCUT2D eigenvalue weighted by atomic mass is 10.2. The van der Waals surface area contributed by atoms with Crippen molar-refractivity contribution < 1.29 is 9.53 Å². The van der Waals surface area contributed by atoms with Gasteiger partial charge in [0.2, 0.25) is 5.91 Å². The summed E-state index contributed by atoms with van der Waals surface area (Å²) < 4.78 is 5.71. The first-order valence-corrected chi connectivity index (χ1v) is 6.77. The molecule has 5 heteroatoms. The van der Waals surface area contributed by atoms with Crippen molar-refractivity contribution in [3.63, 3.8) is 0 Å². The molecule has 0 aromatic rings. The van der Waals surface area contributed by atoms with Crippen LogP contribution < -0.4 is 5.32 Å². The number of ether oxygens (including phenoxy) is 1. The van der Waals surface area contributed by atoms with Gasteiger partial charge in [0.05, 0.1) is 12.7 Å². The summed E-state index contributed by atoms with van der Waals surface area (Å²) in [7, 11) is 3.57. The van der Waals surface area contributed by atoms with Gasteiger partial charge < -0.3 is 15.0 Å². The van der Waals surface area contributed by atoms with E-state index in [2.05, 4.69) is 24.1 Å². The zero-order chi connectivity index (χ0) is 13.5. The Morgan fingerprint density at radius 2 is 2.22 bits per heavy atom. The lowest BCUT2D eigenvalue weighted by molar-refractivity contribution is -0.128. The Hall–Kier alpha value is -0.650. The van der Waals surface area contributed by atoms with Gasteiger partial charge in [0.25, 0.3) is 0 Å². The van der Waals surface area contributed by atoms with Crippen LogP contribution in [-0.4, -0.2) is 74.7 Å². The summed E-state index contributed by atoms with van der Waals surface area (Å²) in [5.74, 6) is 0.163. The largest absolute Gasteiger partial charge is 0.374 e. The van der Waals surface area contributed by atoms with Gasteiger partial charge in [0.15, 0.2) is 0 Å². The first-order chi connectivity index (χ1) is 8.50. The van der Waals surface area contributed by atoms with Gasteiger partial charge in [-0.05, 0) is 13.8 Å². The Labute approximate surface area is 110 Å². The molecule has 1 aliphatic heterocycles. The smallest absolute Gasteiger partial charge is 0.223 e. The fourth-order valence-corrected chi connectivity index (χ4v) is 2.02. The molecule has 1 atom stereocenters. The van der Waals surface area contributed by atoms with E-state index in [1.807, 2.05) is 0 Å². The monoisotopic (exact) mass is 257 g/mol. The minimum Gasteiger partial charge on any atom is -0.374 e. The van der Waals surface area contributed by atoms with E-state index in [0.29, 0.717) is 12.5 Å². The Morgan fingerprint density at radius 1 is 1.50 bits per heavy atom. The van der Waals surface area contributed by atoms with Crippen molar-refractivity contribution in [1.29, 1.82) is 0 Å². The van der Waals surface area contributed by atoms with Gasteiger partial charge in [-0.25, -0.2) is 0 Å². The predicted molar refractivity (Wildman–Crippen MR) is 72.6 cm³/mol. The van der Waals surface area contributed by atoms with Crippen LogP contribution in [0.2, 0.25) is 0 Å². The number of nitrogens with zero attached hydrogens (tertiary/aromatic N) is 2. The third-order valence-corrected chi connectivity index (χ3v) is 3.29. The molecule has 1 unspecified atom stereocenters. The number of nitrogens with one attached hydrogen (secondary N) is 1. The summed E-state index contributed by atoms with van der Waals surface area (Å²) in [5, 5.41) is 3.30. The van der Waals surface area contributed by atoms with Crippen LogP contribution in [0.5, 0.6) is 0 Å². The third-order valence-electron chi connectivity index (χ3n) is 3.29. The lowest BCUT2D eigenvalue weighted by Gasteiger charge is -2.35. The Kier molecular flexibility index (Phi) is 6.60. The second-order valence-corrected chi connectivity index (χ2v) is 5.32. The molecule has 106 valence electrons. The van der Waals surface area contributed by atoms with Gasteiger partial charge in [-0.3, -0.25) is 9.69 Å². The minimum atomic E-state index is 0.163. The van der Waals surface area contributed by atoms with Crippen molar-refractivity contribution in [1.82, 2.24) is 15.1 Å². The number of hydrogen-bond acceptors (Lipinski definition) is 4. The molecule has 1 rings (SSSR count). The molecule has 0 spiro atoms. The highest BCUT2D eigenvalue weighted by molar-refractivity contribution is 5.75. The molecule has 0 radical (unpaired) electrons. The van der Waals surface area contributed by atoms with E-state index >= 15 is 0 Å². The van der Waals surface area contributed by atoms with E-state index in [0.717, 1.165) is 32.8 Å². The first kappa shape index (κ1) is 15.4. The Bertz CT molecular complexity index is 257. The molecule has 0 aliphatic carbocycles. The highest BCUT2D eigenvalue weighted by Gasteiger charge is 2.21. The molecule has 1 heterocycles. The van der Waals surface area contributed by atoms with Crippen LogP contribution in [-0.2, 0) is 9.53 Å². The minimum absolute atomic E-state index is 0.163. The Balaban J connectivity index is 2.14. The standard InChI is InChI=1S/C13H27N3O2/c1-11(2)16-7-8-18-12(10-16)9-14-6-5-13(17)15(3)4/h11-12,14H,5-10H2,1-4H3. The molecule has 0 aromatic carbocycles. The van der Waals surface area contributed by atoms with Gasteiger partial charge in [-0.2, -0.15) is 0 Å². The fraction of sp³-hybridized carbons (Fsp3) is 0.923. The summed E-state index contributed by atoms with van der Waals surface area (Å²) in [6.45, 7) is 8.78. The van der Waals surface area contributed by atoms with E-state index in [-0.39, 0.29) is 12.0 Å². The number of carbonyl (C=O) groups excluding carboxylic acids is 1. The van der Waals surface area contributed by atoms with Crippen LogP contribution in [0.25, 0.3) is 0 Å². The maximum atomic E-state index is 11.4. The third kappa shape index (κ3) is 5.33. The maximum Gasteiger partial charge on any atom is 0.223 e.